The van der Waals surface area contributed by atoms with Gasteiger partial charge in [-0.1, -0.05) is 0 Å². The molecule has 1 rings (SSSR count). The van der Waals surface area contributed by atoms with Gasteiger partial charge in [0, 0.05) is 13.1 Å². The maximum Gasteiger partial charge on any atom is 0.0897 e. The Hall–Kier alpha value is -0.160. The lowest BCUT2D eigenvalue weighted by Gasteiger charge is -2.28. The summed E-state index contributed by atoms with van der Waals surface area (Å²) in [5.74, 6) is 0.694. The Balaban J connectivity index is 2.14. The van der Waals surface area contributed by atoms with Crippen LogP contribution in [0.5, 0.6) is 0 Å². The van der Waals surface area contributed by atoms with Gasteiger partial charge in [0.1, 0.15) is 0 Å². The van der Waals surface area contributed by atoms with Gasteiger partial charge in [0.15, 0.2) is 0 Å². The molecule has 1 fully saturated rings. The number of nitrogens with zero attached hydrogens (tertiary/aromatic N) is 1. The molecule has 84 valence electrons. The van der Waals surface area contributed by atoms with Gasteiger partial charge in [0.2, 0.25) is 0 Å². The van der Waals surface area contributed by atoms with Crippen molar-refractivity contribution in [1.82, 2.24) is 10.2 Å². The molecule has 0 amide bonds. The summed E-state index contributed by atoms with van der Waals surface area (Å²) in [7, 11) is 1.99. The van der Waals surface area contributed by atoms with E-state index in [-0.39, 0.29) is 6.61 Å². The SMILES string of the molecule is CN(CC(O)CO)CC1CCCNC1. The van der Waals surface area contributed by atoms with Crippen LogP contribution >= 0.6 is 0 Å². The molecule has 2 atom stereocenters. The topological polar surface area (TPSA) is 55.7 Å². The quantitative estimate of drug-likeness (QED) is 0.550. The third-order valence-corrected chi connectivity index (χ3v) is 2.70. The van der Waals surface area contributed by atoms with Crippen LogP contribution in [0, 0.1) is 5.92 Å². The van der Waals surface area contributed by atoms with E-state index in [0.29, 0.717) is 12.5 Å². The molecule has 0 saturated carbocycles. The Labute approximate surface area is 85.9 Å². The molecule has 4 heteroatoms. The van der Waals surface area contributed by atoms with Crippen LogP contribution in [0.1, 0.15) is 12.8 Å². The first-order valence-corrected chi connectivity index (χ1v) is 5.40. The monoisotopic (exact) mass is 202 g/mol. The molecule has 0 aromatic rings. The third-order valence-electron chi connectivity index (χ3n) is 2.70. The fourth-order valence-corrected chi connectivity index (χ4v) is 2.01. The van der Waals surface area contributed by atoms with Crippen molar-refractivity contribution >= 4 is 0 Å². The smallest absolute Gasteiger partial charge is 0.0897 e. The molecular formula is C10H22N2O2. The predicted octanol–water partition coefficient (Wildman–Crippen LogP) is -0.729. The summed E-state index contributed by atoms with van der Waals surface area (Å²) >= 11 is 0. The zero-order valence-corrected chi connectivity index (χ0v) is 8.95. The average Bonchev–Trinajstić information content (AvgIpc) is 2.19. The van der Waals surface area contributed by atoms with Gasteiger partial charge < -0.3 is 20.4 Å². The van der Waals surface area contributed by atoms with Crippen LogP contribution in [0.25, 0.3) is 0 Å². The van der Waals surface area contributed by atoms with E-state index in [4.69, 9.17) is 5.11 Å². The van der Waals surface area contributed by atoms with E-state index in [1.165, 1.54) is 12.8 Å². The van der Waals surface area contributed by atoms with E-state index in [1.807, 2.05) is 7.05 Å². The number of rotatable bonds is 5. The van der Waals surface area contributed by atoms with Crippen LogP contribution in [0.15, 0.2) is 0 Å². The van der Waals surface area contributed by atoms with Crippen LogP contribution in [0.2, 0.25) is 0 Å². The Bertz CT molecular complexity index is 149. The largest absolute Gasteiger partial charge is 0.394 e. The number of nitrogens with one attached hydrogen (secondary N) is 1. The van der Waals surface area contributed by atoms with Gasteiger partial charge in [-0.05, 0) is 38.9 Å². The normalized spacial score (nSPS) is 25.3. The van der Waals surface area contributed by atoms with E-state index < -0.39 is 6.10 Å². The first-order chi connectivity index (χ1) is 6.72. The molecule has 1 aliphatic rings. The molecule has 0 aliphatic carbocycles. The summed E-state index contributed by atoms with van der Waals surface area (Å²) in [5.41, 5.74) is 0. The number of aliphatic hydroxyl groups excluding tert-OH is 2. The maximum atomic E-state index is 9.25. The minimum Gasteiger partial charge on any atom is -0.394 e. The molecule has 4 nitrogen and oxygen atoms in total. The number of hydrogen-bond acceptors (Lipinski definition) is 4. The molecule has 14 heavy (non-hydrogen) atoms. The average molecular weight is 202 g/mol. The Morgan fingerprint density at radius 1 is 1.57 bits per heavy atom. The summed E-state index contributed by atoms with van der Waals surface area (Å²) < 4.78 is 0. The van der Waals surface area contributed by atoms with Crippen LogP contribution in [-0.4, -0.2) is 61.1 Å². The van der Waals surface area contributed by atoms with Crippen molar-refractivity contribution in [3.05, 3.63) is 0 Å². The molecule has 3 N–H and O–H groups in total. The molecule has 0 spiro atoms. The number of hydrogen-bond donors (Lipinski definition) is 3. The van der Waals surface area contributed by atoms with E-state index in [9.17, 15) is 5.11 Å². The minimum absolute atomic E-state index is 0.146. The fraction of sp³-hybridized carbons (Fsp3) is 1.00. The number of aliphatic hydroxyl groups is 2. The van der Waals surface area contributed by atoms with Gasteiger partial charge in [-0.2, -0.15) is 0 Å². The van der Waals surface area contributed by atoms with Gasteiger partial charge in [-0.3, -0.25) is 0 Å². The fourth-order valence-electron chi connectivity index (χ4n) is 2.01. The van der Waals surface area contributed by atoms with Crippen molar-refractivity contribution in [2.24, 2.45) is 5.92 Å². The Kier molecular flexibility index (Phi) is 5.40. The summed E-state index contributed by atoms with van der Waals surface area (Å²) in [6, 6.07) is 0. The van der Waals surface area contributed by atoms with E-state index in [2.05, 4.69) is 10.2 Å². The zero-order valence-electron chi connectivity index (χ0n) is 8.95. The maximum absolute atomic E-state index is 9.25. The highest BCUT2D eigenvalue weighted by molar-refractivity contribution is 4.72. The molecule has 0 radical (unpaired) electrons. The summed E-state index contributed by atoms with van der Waals surface area (Å²) in [6.07, 6.45) is 1.92. The van der Waals surface area contributed by atoms with Crippen molar-refractivity contribution in [1.29, 1.82) is 0 Å². The van der Waals surface area contributed by atoms with Crippen molar-refractivity contribution in [2.75, 3.05) is 39.8 Å². The van der Waals surface area contributed by atoms with Crippen LogP contribution < -0.4 is 5.32 Å². The second-order valence-electron chi connectivity index (χ2n) is 4.27. The van der Waals surface area contributed by atoms with Crippen LogP contribution in [0.3, 0.4) is 0 Å². The standard InChI is InChI=1S/C10H22N2O2/c1-12(7-10(14)8-13)6-9-3-2-4-11-5-9/h9-11,13-14H,2-8H2,1H3. The molecule has 1 heterocycles. The third kappa shape index (κ3) is 4.37. The second kappa shape index (κ2) is 6.35. The molecule has 0 bridgehead atoms. The van der Waals surface area contributed by atoms with Crippen LogP contribution in [0.4, 0.5) is 0 Å². The molecule has 0 aromatic carbocycles. The Morgan fingerprint density at radius 2 is 2.36 bits per heavy atom. The zero-order chi connectivity index (χ0) is 10.4. The molecule has 0 aromatic heterocycles. The highest BCUT2D eigenvalue weighted by atomic mass is 16.3. The van der Waals surface area contributed by atoms with E-state index in [0.717, 1.165) is 19.6 Å². The van der Waals surface area contributed by atoms with Gasteiger partial charge in [0.05, 0.1) is 12.7 Å². The van der Waals surface area contributed by atoms with Crippen molar-refractivity contribution < 1.29 is 10.2 Å². The highest BCUT2D eigenvalue weighted by Gasteiger charge is 2.16. The predicted molar refractivity (Wildman–Crippen MR) is 56.2 cm³/mol. The summed E-state index contributed by atoms with van der Waals surface area (Å²) in [4.78, 5) is 2.10. The molecule has 1 aliphatic heterocycles. The number of likely N-dealkylation sites (N-methyl/N-ethyl adjacent to an activating group) is 1. The van der Waals surface area contributed by atoms with Gasteiger partial charge in [-0.15, -0.1) is 0 Å². The summed E-state index contributed by atoms with van der Waals surface area (Å²) in [5, 5.41) is 21.3. The van der Waals surface area contributed by atoms with Gasteiger partial charge >= 0.3 is 0 Å². The minimum atomic E-state index is -0.600. The number of piperidine rings is 1. The first-order valence-electron chi connectivity index (χ1n) is 5.40. The highest BCUT2D eigenvalue weighted by Crippen LogP contribution is 2.10. The lowest BCUT2D eigenvalue weighted by atomic mass is 9.99. The lowest BCUT2D eigenvalue weighted by molar-refractivity contribution is 0.0612. The van der Waals surface area contributed by atoms with Crippen LogP contribution in [-0.2, 0) is 0 Å². The molecule has 2 unspecified atom stereocenters. The van der Waals surface area contributed by atoms with Crippen molar-refractivity contribution in [2.45, 2.75) is 18.9 Å². The van der Waals surface area contributed by atoms with E-state index in [1.54, 1.807) is 0 Å². The first kappa shape index (κ1) is 11.9. The van der Waals surface area contributed by atoms with Gasteiger partial charge in [-0.25, -0.2) is 0 Å². The van der Waals surface area contributed by atoms with Crippen molar-refractivity contribution in [3.63, 3.8) is 0 Å². The van der Waals surface area contributed by atoms with E-state index >= 15 is 0 Å². The molecular weight excluding hydrogens is 180 g/mol. The summed E-state index contributed by atoms with van der Waals surface area (Å²) in [6.45, 7) is 3.64. The lowest BCUT2D eigenvalue weighted by Crippen LogP contribution is -2.40. The Morgan fingerprint density at radius 3 is 2.93 bits per heavy atom. The van der Waals surface area contributed by atoms with Gasteiger partial charge in [0.25, 0.3) is 0 Å². The molecule has 1 saturated heterocycles. The second-order valence-corrected chi connectivity index (χ2v) is 4.27. The van der Waals surface area contributed by atoms with Crippen molar-refractivity contribution in [3.8, 4) is 0 Å².